The zero-order valence-corrected chi connectivity index (χ0v) is 16.3. The van der Waals surface area contributed by atoms with E-state index in [1.165, 1.54) is 0 Å². The van der Waals surface area contributed by atoms with Gasteiger partial charge < -0.3 is 30.9 Å². The second-order valence-corrected chi connectivity index (χ2v) is 7.14. The number of ether oxygens (including phenoxy) is 1. The predicted octanol–water partition coefficient (Wildman–Crippen LogP) is 1.31. The number of carbonyl (C=O) groups is 1. The maximum atomic E-state index is 11.4. The number of imidazole rings is 1. The van der Waals surface area contributed by atoms with Crippen molar-refractivity contribution in [1.82, 2.24) is 15.3 Å². The Labute approximate surface area is 168 Å². The summed E-state index contributed by atoms with van der Waals surface area (Å²) in [6, 6.07) is 12.8. The van der Waals surface area contributed by atoms with Crippen LogP contribution in [0.5, 0.6) is 5.75 Å². The largest absolute Gasteiger partial charge is 0.489 e. The molecule has 29 heavy (non-hydrogen) atoms. The lowest BCUT2D eigenvalue weighted by molar-refractivity contribution is 0.1000. The minimum Gasteiger partial charge on any atom is -0.489 e. The first-order chi connectivity index (χ1) is 13.9. The molecule has 2 atom stereocenters. The number of aromatic nitrogens is 2. The molecule has 1 aromatic heterocycles. The van der Waals surface area contributed by atoms with Crippen LogP contribution in [-0.4, -0.2) is 46.3 Å². The van der Waals surface area contributed by atoms with Crippen LogP contribution in [0.15, 0.2) is 47.3 Å². The van der Waals surface area contributed by atoms with Crippen molar-refractivity contribution in [2.24, 2.45) is 5.73 Å². The van der Waals surface area contributed by atoms with Crippen molar-refractivity contribution in [2.75, 3.05) is 13.2 Å². The molecule has 3 rings (SSSR count). The first-order valence-corrected chi connectivity index (χ1v) is 9.56. The van der Waals surface area contributed by atoms with Gasteiger partial charge >= 0.3 is 5.69 Å². The van der Waals surface area contributed by atoms with E-state index in [9.17, 15) is 14.7 Å². The third-order valence-electron chi connectivity index (χ3n) is 4.72. The Balaban J connectivity index is 1.43. The molecule has 0 aliphatic heterocycles. The number of aryl methyl sites for hydroxylation is 1. The number of nitrogens with one attached hydrogen (secondary N) is 3. The second-order valence-electron chi connectivity index (χ2n) is 7.14. The van der Waals surface area contributed by atoms with Gasteiger partial charge in [0.25, 0.3) is 0 Å². The Kier molecular flexibility index (Phi) is 6.69. The van der Waals surface area contributed by atoms with Crippen molar-refractivity contribution < 1.29 is 14.6 Å². The molecular weight excluding hydrogens is 372 g/mol. The zero-order valence-electron chi connectivity index (χ0n) is 16.3. The van der Waals surface area contributed by atoms with Crippen molar-refractivity contribution in [3.05, 3.63) is 64.1 Å². The molecule has 0 aliphatic rings. The maximum Gasteiger partial charge on any atom is 0.323 e. The lowest BCUT2D eigenvalue weighted by Gasteiger charge is -2.18. The van der Waals surface area contributed by atoms with E-state index in [0.29, 0.717) is 28.9 Å². The highest BCUT2D eigenvalue weighted by molar-refractivity contribution is 5.92. The Morgan fingerprint density at radius 1 is 1.24 bits per heavy atom. The number of hydrogen-bond donors (Lipinski definition) is 5. The number of fused-ring (bicyclic) bond motifs is 1. The van der Waals surface area contributed by atoms with Gasteiger partial charge in [-0.05, 0) is 49.6 Å². The molecule has 154 valence electrons. The van der Waals surface area contributed by atoms with E-state index >= 15 is 0 Å². The van der Waals surface area contributed by atoms with Gasteiger partial charge in [-0.2, -0.15) is 0 Å². The van der Waals surface area contributed by atoms with Gasteiger partial charge in [0.2, 0.25) is 5.91 Å². The lowest BCUT2D eigenvalue weighted by Crippen LogP contribution is -2.36. The molecular formula is C21H26N4O4. The van der Waals surface area contributed by atoms with Crippen molar-refractivity contribution in [2.45, 2.75) is 31.9 Å². The number of primary amides is 1. The van der Waals surface area contributed by atoms with E-state index in [-0.39, 0.29) is 18.3 Å². The average molecular weight is 398 g/mol. The van der Waals surface area contributed by atoms with Gasteiger partial charge in [-0.15, -0.1) is 0 Å². The molecule has 0 spiro atoms. The highest BCUT2D eigenvalue weighted by Crippen LogP contribution is 2.21. The lowest BCUT2D eigenvalue weighted by atomic mass is 10.0. The molecule has 1 heterocycles. The smallest absolute Gasteiger partial charge is 0.323 e. The molecule has 0 saturated carbocycles. The first-order valence-electron chi connectivity index (χ1n) is 9.56. The van der Waals surface area contributed by atoms with Gasteiger partial charge in [-0.3, -0.25) is 4.79 Å². The summed E-state index contributed by atoms with van der Waals surface area (Å²) in [7, 11) is 0. The standard InChI is InChI=1S/C21H26N4O4/c1-13(8-9-14-4-2-5-15(10-14)20(22)27)23-11-16(26)12-29-18-7-3-6-17-19(18)25-21(28)24-17/h2-7,10,13,16,23,26H,8-9,11-12H2,1H3,(H2,22,27)(H2,24,25,28). The summed E-state index contributed by atoms with van der Waals surface area (Å²) < 4.78 is 5.67. The highest BCUT2D eigenvalue weighted by atomic mass is 16.5. The third-order valence-corrected chi connectivity index (χ3v) is 4.72. The molecule has 0 fully saturated rings. The van der Waals surface area contributed by atoms with Crippen LogP contribution < -0.4 is 21.5 Å². The van der Waals surface area contributed by atoms with Gasteiger partial charge in [0.15, 0.2) is 0 Å². The normalized spacial score (nSPS) is 13.3. The predicted molar refractivity (Wildman–Crippen MR) is 111 cm³/mol. The van der Waals surface area contributed by atoms with Crippen LogP contribution >= 0.6 is 0 Å². The molecule has 8 nitrogen and oxygen atoms in total. The second kappa shape index (κ2) is 9.40. The summed E-state index contributed by atoms with van der Waals surface area (Å²) in [6.45, 7) is 2.52. The average Bonchev–Trinajstić information content (AvgIpc) is 3.10. The van der Waals surface area contributed by atoms with E-state index in [1.807, 2.05) is 25.1 Å². The molecule has 0 aliphatic carbocycles. The zero-order chi connectivity index (χ0) is 20.8. The van der Waals surface area contributed by atoms with Gasteiger partial charge in [-0.25, -0.2) is 4.79 Å². The Bertz CT molecular complexity index is 1030. The monoisotopic (exact) mass is 398 g/mol. The van der Waals surface area contributed by atoms with Crippen LogP contribution in [-0.2, 0) is 6.42 Å². The summed E-state index contributed by atoms with van der Waals surface area (Å²) in [5.74, 6) is 0.0860. The molecule has 0 radical (unpaired) electrons. The molecule has 0 saturated heterocycles. The van der Waals surface area contributed by atoms with E-state index in [2.05, 4.69) is 15.3 Å². The maximum absolute atomic E-state index is 11.4. The van der Waals surface area contributed by atoms with Crippen LogP contribution in [0, 0.1) is 0 Å². The minimum absolute atomic E-state index is 0.104. The number of nitrogens with two attached hydrogens (primary N) is 1. The topological polar surface area (TPSA) is 133 Å². The number of aromatic amines is 2. The van der Waals surface area contributed by atoms with E-state index in [4.69, 9.17) is 10.5 Å². The first kappa shape index (κ1) is 20.6. The third kappa shape index (κ3) is 5.69. The molecule has 2 aromatic carbocycles. The van der Waals surface area contributed by atoms with E-state index in [1.54, 1.807) is 24.3 Å². The summed E-state index contributed by atoms with van der Waals surface area (Å²) in [5, 5.41) is 13.5. The van der Waals surface area contributed by atoms with Gasteiger partial charge in [0.05, 0.1) is 5.52 Å². The molecule has 2 unspecified atom stereocenters. The summed E-state index contributed by atoms with van der Waals surface area (Å²) in [6.07, 6.45) is 0.946. The highest BCUT2D eigenvalue weighted by Gasteiger charge is 2.11. The quantitative estimate of drug-likeness (QED) is 0.351. The summed E-state index contributed by atoms with van der Waals surface area (Å²) >= 11 is 0. The van der Waals surface area contributed by atoms with Crippen LogP contribution in [0.4, 0.5) is 0 Å². The van der Waals surface area contributed by atoms with Gasteiger partial charge in [-0.1, -0.05) is 18.2 Å². The fourth-order valence-electron chi connectivity index (χ4n) is 3.10. The van der Waals surface area contributed by atoms with Crippen molar-refractivity contribution >= 4 is 16.9 Å². The van der Waals surface area contributed by atoms with Crippen LogP contribution in [0.3, 0.4) is 0 Å². The Morgan fingerprint density at radius 3 is 2.83 bits per heavy atom. The number of benzene rings is 2. The van der Waals surface area contributed by atoms with Crippen molar-refractivity contribution in [1.29, 1.82) is 0 Å². The van der Waals surface area contributed by atoms with E-state index in [0.717, 1.165) is 18.4 Å². The fraction of sp³-hybridized carbons (Fsp3) is 0.333. The van der Waals surface area contributed by atoms with Gasteiger partial charge in [0.1, 0.15) is 24.0 Å². The number of amides is 1. The number of H-pyrrole nitrogens is 2. The number of aliphatic hydroxyl groups is 1. The Hall–Kier alpha value is -3.10. The number of hydrogen-bond acceptors (Lipinski definition) is 5. The summed E-state index contributed by atoms with van der Waals surface area (Å²) in [5.41, 5.74) is 7.82. The van der Waals surface area contributed by atoms with Crippen molar-refractivity contribution in [3.63, 3.8) is 0 Å². The Morgan fingerprint density at radius 2 is 2.03 bits per heavy atom. The fourth-order valence-corrected chi connectivity index (χ4v) is 3.10. The molecule has 6 N–H and O–H groups in total. The number of aliphatic hydroxyl groups excluding tert-OH is 1. The van der Waals surface area contributed by atoms with Crippen LogP contribution in [0.25, 0.3) is 11.0 Å². The van der Waals surface area contributed by atoms with Crippen molar-refractivity contribution in [3.8, 4) is 5.75 Å². The van der Waals surface area contributed by atoms with Gasteiger partial charge in [0, 0.05) is 18.2 Å². The van der Waals surface area contributed by atoms with Crippen LogP contribution in [0.1, 0.15) is 29.3 Å². The van der Waals surface area contributed by atoms with E-state index < -0.39 is 12.0 Å². The molecule has 0 bridgehead atoms. The molecule has 3 aromatic rings. The summed E-state index contributed by atoms with van der Waals surface area (Å²) in [4.78, 5) is 28.0. The molecule has 8 heteroatoms. The van der Waals surface area contributed by atoms with Crippen LogP contribution in [0.2, 0.25) is 0 Å². The molecule has 1 amide bonds. The minimum atomic E-state index is -0.698. The number of para-hydroxylation sites is 1. The number of rotatable bonds is 10. The number of carbonyl (C=O) groups excluding carboxylic acids is 1. The SMILES string of the molecule is CC(CCc1cccc(C(N)=O)c1)NCC(O)COc1cccc2[nH]c(=O)[nH]c12.